The van der Waals surface area contributed by atoms with Gasteiger partial charge in [0.15, 0.2) is 0 Å². The fourth-order valence-electron chi connectivity index (χ4n) is 2.11. The quantitative estimate of drug-likeness (QED) is 0.814. The van der Waals surface area contributed by atoms with Crippen LogP contribution >= 0.6 is 0 Å². The van der Waals surface area contributed by atoms with Gasteiger partial charge in [-0.2, -0.15) is 0 Å². The molecule has 0 bridgehead atoms. The molecule has 0 fully saturated rings. The predicted octanol–water partition coefficient (Wildman–Crippen LogP) is 2.48. The van der Waals surface area contributed by atoms with Crippen molar-refractivity contribution in [2.45, 2.75) is 26.7 Å². The largest absolute Gasteiger partial charge is 0.396 e. The van der Waals surface area contributed by atoms with E-state index in [1.807, 2.05) is 29.1 Å². The van der Waals surface area contributed by atoms with Crippen molar-refractivity contribution in [3.8, 4) is 5.82 Å². The molecule has 20 heavy (non-hydrogen) atoms. The topological polar surface area (TPSA) is 63.0 Å². The van der Waals surface area contributed by atoms with Crippen LogP contribution in [-0.4, -0.2) is 32.8 Å². The number of imidazole rings is 1. The molecule has 5 nitrogen and oxygen atoms in total. The number of hydrogen-bond donors (Lipinski definition) is 2. The molecule has 2 rings (SSSR count). The van der Waals surface area contributed by atoms with Gasteiger partial charge in [0.1, 0.15) is 12.1 Å². The number of nitrogens with one attached hydrogen (secondary N) is 1. The Labute approximate surface area is 119 Å². The van der Waals surface area contributed by atoms with E-state index in [0.29, 0.717) is 0 Å². The number of aliphatic hydroxyl groups excluding tert-OH is 1. The van der Waals surface area contributed by atoms with Crippen LogP contribution in [0.1, 0.15) is 26.7 Å². The normalized spacial score (nSPS) is 11.6. The number of aromatic nitrogens is 3. The van der Waals surface area contributed by atoms with Gasteiger partial charge in [0.2, 0.25) is 0 Å². The molecule has 0 aliphatic carbocycles. The van der Waals surface area contributed by atoms with Crippen molar-refractivity contribution in [3.63, 3.8) is 0 Å². The van der Waals surface area contributed by atoms with Crippen molar-refractivity contribution < 1.29 is 5.11 Å². The third kappa shape index (κ3) is 3.17. The first kappa shape index (κ1) is 14.5. The third-order valence-electron chi connectivity index (χ3n) is 4.02. The van der Waals surface area contributed by atoms with Gasteiger partial charge in [0.25, 0.3) is 0 Å². The van der Waals surface area contributed by atoms with E-state index in [1.165, 1.54) is 0 Å². The first-order valence-electron chi connectivity index (χ1n) is 7.02. The molecule has 0 saturated heterocycles. The van der Waals surface area contributed by atoms with Crippen LogP contribution in [0.25, 0.3) is 5.82 Å². The zero-order chi connectivity index (χ0) is 14.4. The number of hydrogen-bond acceptors (Lipinski definition) is 4. The fraction of sp³-hybridized carbons (Fsp3) is 0.467. The Kier molecular flexibility index (Phi) is 4.74. The zero-order valence-electron chi connectivity index (χ0n) is 12.1. The first-order chi connectivity index (χ1) is 9.73. The smallest absolute Gasteiger partial charge is 0.137 e. The highest BCUT2D eigenvalue weighted by Crippen LogP contribution is 2.26. The highest BCUT2D eigenvalue weighted by atomic mass is 16.3. The molecular formula is C15H22N4O. The highest BCUT2D eigenvalue weighted by Gasteiger charge is 2.24. The molecule has 0 saturated carbocycles. The third-order valence-corrected chi connectivity index (χ3v) is 4.02. The maximum atomic E-state index is 9.56. The van der Waals surface area contributed by atoms with Gasteiger partial charge in [-0.3, -0.25) is 4.57 Å². The molecule has 5 heteroatoms. The van der Waals surface area contributed by atoms with E-state index in [-0.39, 0.29) is 12.0 Å². The molecule has 0 aromatic carbocycles. The molecule has 0 amide bonds. The molecule has 0 spiro atoms. The summed E-state index contributed by atoms with van der Waals surface area (Å²) in [5, 5.41) is 12.9. The lowest BCUT2D eigenvalue weighted by Crippen LogP contribution is -2.32. The number of anilines is 1. The summed E-state index contributed by atoms with van der Waals surface area (Å²) >= 11 is 0. The Morgan fingerprint density at radius 2 is 2.10 bits per heavy atom. The number of aliphatic hydroxyl groups is 1. The second-order valence-corrected chi connectivity index (χ2v) is 5.09. The summed E-state index contributed by atoms with van der Waals surface area (Å²) in [6.45, 7) is 5.18. The fourth-order valence-corrected chi connectivity index (χ4v) is 2.11. The molecule has 2 heterocycles. The standard InChI is InChI=1S/C15H22N4O/c1-3-15(4-2,11-20)10-18-13-5-6-14(17-9-13)19-8-7-16-12-19/h5-9,12,18,20H,3-4,10-11H2,1-2H3. The Bertz CT molecular complexity index is 495. The van der Waals surface area contributed by atoms with Crippen molar-refractivity contribution in [1.29, 1.82) is 0 Å². The van der Waals surface area contributed by atoms with Crippen molar-refractivity contribution in [1.82, 2.24) is 14.5 Å². The molecule has 0 unspecified atom stereocenters. The second-order valence-electron chi connectivity index (χ2n) is 5.09. The summed E-state index contributed by atoms with van der Waals surface area (Å²) in [7, 11) is 0. The van der Waals surface area contributed by atoms with E-state index in [4.69, 9.17) is 0 Å². The summed E-state index contributed by atoms with van der Waals surface area (Å²) < 4.78 is 1.86. The average molecular weight is 274 g/mol. The van der Waals surface area contributed by atoms with Crippen LogP contribution in [0.15, 0.2) is 37.1 Å². The van der Waals surface area contributed by atoms with Gasteiger partial charge in [0, 0.05) is 24.4 Å². The first-order valence-corrected chi connectivity index (χ1v) is 7.02. The predicted molar refractivity (Wildman–Crippen MR) is 79.9 cm³/mol. The number of pyridine rings is 1. The minimum Gasteiger partial charge on any atom is -0.396 e. The van der Waals surface area contributed by atoms with Crippen LogP contribution in [0.2, 0.25) is 0 Å². The van der Waals surface area contributed by atoms with Gasteiger partial charge >= 0.3 is 0 Å². The molecule has 0 aliphatic heterocycles. The van der Waals surface area contributed by atoms with E-state index in [9.17, 15) is 5.11 Å². The molecule has 2 N–H and O–H groups in total. The molecule has 0 atom stereocenters. The summed E-state index contributed by atoms with van der Waals surface area (Å²) in [6.07, 6.45) is 9.02. The van der Waals surface area contributed by atoms with Gasteiger partial charge in [-0.15, -0.1) is 0 Å². The van der Waals surface area contributed by atoms with Gasteiger partial charge in [-0.05, 0) is 25.0 Å². The SMILES string of the molecule is CCC(CC)(CO)CNc1ccc(-n2ccnc2)nc1. The van der Waals surface area contributed by atoms with E-state index in [1.54, 1.807) is 12.5 Å². The van der Waals surface area contributed by atoms with Crippen molar-refractivity contribution >= 4 is 5.69 Å². The summed E-state index contributed by atoms with van der Waals surface area (Å²) in [6, 6.07) is 3.94. The lowest BCUT2D eigenvalue weighted by molar-refractivity contribution is 0.127. The second kappa shape index (κ2) is 6.52. The molecule has 2 aromatic rings. The minimum absolute atomic E-state index is 0.0526. The van der Waals surface area contributed by atoms with Gasteiger partial charge < -0.3 is 10.4 Å². The lowest BCUT2D eigenvalue weighted by atomic mass is 9.83. The van der Waals surface area contributed by atoms with Crippen LogP contribution < -0.4 is 5.32 Å². The Hall–Kier alpha value is -1.88. The van der Waals surface area contributed by atoms with Crippen molar-refractivity contribution in [2.75, 3.05) is 18.5 Å². The number of nitrogens with zero attached hydrogens (tertiary/aromatic N) is 3. The molecule has 108 valence electrons. The highest BCUT2D eigenvalue weighted by molar-refractivity contribution is 5.43. The van der Waals surface area contributed by atoms with E-state index < -0.39 is 0 Å². The Morgan fingerprint density at radius 1 is 1.30 bits per heavy atom. The molecule has 2 aromatic heterocycles. The maximum Gasteiger partial charge on any atom is 0.137 e. The van der Waals surface area contributed by atoms with Gasteiger partial charge in [-0.25, -0.2) is 9.97 Å². The van der Waals surface area contributed by atoms with Crippen LogP contribution in [0, 0.1) is 5.41 Å². The average Bonchev–Trinajstić information content (AvgIpc) is 3.04. The lowest BCUT2D eigenvalue weighted by Gasteiger charge is -2.29. The maximum absolute atomic E-state index is 9.56. The monoisotopic (exact) mass is 274 g/mol. The molecule has 0 aliphatic rings. The minimum atomic E-state index is -0.0526. The Morgan fingerprint density at radius 3 is 2.60 bits per heavy atom. The number of rotatable bonds is 7. The van der Waals surface area contributed by atoms with Crippen LogP contribution in [0.3, 0.4) is 0 Å². The van der Waals surface area contributed by atoms with Crippen LogP contribution in [0.4, 0.5) is 5.69 Å². The van der Waals surface area contributed by atoms with Crippen LogP contribution in [-0.2, 0) is 0 Å². The van der Waals surface area contributed by atoms with Crippen molar-refractivity contribution in [3.05, 3.63) is 37.1 Å². The van der Waals surface area contributed by atoms with Gasteiger partial charge in [-0.1, -0.05) is 13.8 Å². The Balaban J connectivity index is 2.01. The van der Waals surface area contributed by atoms with E-state index in [0.717, 1.165) is 30.9 Å². The molecular weight excluding hydrogens is 252 g/mol. The molecule has 0 radical (unpaired) electrons. The van der Waals surface area contributed by atoms with Gasteiger partial charge in [0.05, 0.1) is 18.5 Å². The summed E-state index contributed by atoms with van der Waals surface area (Å²) in [5.74, 6) is 0.840. The van der Waals surface area contributed by atoms with Crippen LogP contribution in [0.5, 0.6) is 0 Å². The van der Waals surface area contributed by atoms with Crippen molar-refractivity contribution in [2.24, 2.45) is 5.41 Å². The van der Waals surface area contributed by atoms with E-state index in [2.05, 4.69) is 29.1 Å². The zero-order valence-corrected chi connectivity index (χ0v) is 12.1. The summed E-state index contributed by atoms with van der Waals surface area (Å²) in [4.78, 5) is 8.40. The summed E-state index contributed by atoms with van der Waals surface area (Å²) in [5.41, 5.74) is 0.914. The van der Waals surface area contributed by atoms with E-state index >= 15 is 0 Å².